The van der Waals surface area contributed by atoms with Gasteiger partial charge in [0.2, 0.25) is 5.41 Å². The van der Waals surface area contributed by atoms with E-state index in [9.17, 15) is 44.4 Å². The van der Waals surface area contributed by atoms with E-state index in [1.54, 1.807) is 0 Å². The second-order valence-corrected chi connectivity index (χ2v) is 12.4. The minimum absolute atomic E-state index is 0.263. The summed E-state index contributed by atoms with van der Waals surface area (Å²) >= 11 is 0. The highest BCUT2D eigenvalue weighted by Gasteiger charge is 2.63. The lowest BCUT2D eigenvalue weighted by Gasteiger charge is -2.32. The summed E-state index contributed by atoms with van der Waals surface area (Å²) in [7, 11) is 0. The molecule has 0 amide bonds. The Morgan fingerprint density at radius 3 is 1.07 bits per heavy atom. The van der Waals surface area contributed by atoms with Crippen LogP contribution in [0.2, 0.25) is 0 Å². The van der Waals surface area contributed by atoms with Gasteiger partial charge in [-0.2, -0.15) is 0 Å². The third-order valence-electron chi connectivity index (χ3n) is 8.70. The van der Waals surface area contributed by atoms with Gasteiger partial charge in [0.1, 0.15) is 12.0 Å². The van der Waals surface area contributed by atoms with Gasteiger partial charge in [-0.25, -0.2) is 0 Å². The third-order valence-corrected chi connectivity index (χ3v) is 8.70. The van der Waals surface area contributed by atoms with Crippen LogP contribution in [-0.4, -0.2) is 62.4 Å². The molecule has 2 unspecified atom stereocenters. The van der Waals surface area contributed by atoms with Gasteiger partial charge in [-0.05, 0) is 12.8 Å². The smallest absolute Gasteiger partial charge is 0.326 e. The molecule has 4 N–H and O–H groups in total. The van der Waals surface area contributed by atoms with Crippen molar-refractivity contribution in [3.63, 3.8) is 0 Å². The zero-order valence-electron chi connectivity index (χ0n) is 27.7. The number of carbonyl (C=O) groups is 5. The zero-order chi connectivity index (χ0) is 33.2. The van der Waals surface area contributed by atoms with Gasteiger partial charge in [0.25, 0.3) is 0 Å². The molecule has 0 radical (unpaired) electrons. The van der Waals surface area contributed by atoms with Crippen molar-refractivity contribution in [1.29, 1.82) is 0 Å². The number of aliphatic hydroxyl groups excluding tert-OH is 2. The Balaban J connectivity index is 5.27. The molecule has 0 aromatic rings. The first-order chi connectivity index (χ1) is 21.1. The number of rotatable bonds is 32. The van der Waals surface area contributed by atoms with E-state index in [2.05, 4.69) is 13.8 Å². The second-order valence-electron chi connectivity index (χ2n) is 12.4. The number of ketones is 3. The van der Waals surface area contributed by atoms with Gasteiger partial charge in [0, 0.05) is 12.8 Å². The van der Waals surface area contributed by atoms with Gasteiger partial charge < -0.3 is 20.4 Å². The third kappa shape index (κ3) is 15.7. The molecular weight excluding hydrogens is 564 g/mol. The quantitative estimate of drug-likeness (QED) is 0.0445. The molecule has 2 atom stereocenters. The Kier molecular flexibility index (Phi) is 24.9. The lowest BCUT2D eigenvalue weighted by Crippen LogP contribution is -2.58. The summed E-state index contributed by atoms with van der Waals surface area (Å²) in [6.45, 7) is 3.20. The minimum atomic E-state index is -3.14. The molecule has 0 saturated heterocycles. The van der Waals surface area contributed by atoms with Gasteiger partial charge in [-0.15, -0.1) is 0 Å². The molecule has 0 fully saturated rings. The molecule has 0 rings (SSSR count). The van der Waals surface area contributed by atoms with Gasteiger partial charge in [0.05, 0.1) is 6.61 Å². The Morgan fingerprint density at radius 1 is 0.523 bits per heavy atom. The van der Waals surface area contributed by atoms with Crippen LogP contribution in [0.1, 0.15) is 168 Å². The molecule has 0 aliphatic carbocycles. The maximum atomic E-state index is 13.5. The molecule has 9 nitrogen and oxygen atoms in total. The van der Waals surface area contributed by atoms with E-state index in [0.717, 1.165) is 51.4 Å². The first-order valence-corrected chi connectivity index (χ1v) is 17.5. The summed E-state index contributed by atoms with van der Waals surface area (Å²) in [4.78, 5) is 64.8. The van der Waals surface area contributed by atoms with Gasteiger partial charge in [0.15, 0.2) is 17.3 Å². The number of aliphatic hydroxyl groups is 2. The van der Waals surface area contributed by atoms with Crippen LogP contribution >= 0.6 is 0 Å². The predicted molar refractivity (Wildman–Crippen MR) is 171 cm³/mol. The topological polar surface area (TPSA) is 166 Å². The van der Waals surface area contributed by atoms with Crippen LogP contribution in [0.5, 0.6) is 0 Å². The van der Waals surface area contributed by atoms with Crippen molar-refractivity contribution >= 4 is 29.3 Å². The average Bonchev–Trinajstić information content (AvgIpc) is 2.99. The summed E-state index contributed by atoms with van der Waals surface area (Å²) in [6, 6.07) is 0. The molecule has 0 aliphatic heterocycles. The van der Waals surface area contributed by atoms with E-state index in [1.165, 1.54) is 64.2 Å². The van der Waals surface area contributed by atoms with Crippen LogP contribution in [0.4, 0.5) is 0 Å². The lowest BCUT2D eigenvalue weighted by molar-refractivity contribution is -0.176. The largest absolute Gasteiger partial charge is 0.481 e. The van der Waals surface area contributed by atoms with E-state index < -0.39 is 53.3 Å². The van der Waals surface area contributed by atoms with Gasteiger partial charge in [-0.3, -0.25) is 24.0 Å². The van der Waals surface area contributed by atoms with E-state index in [4.69, 9.17) is 0 Å². The van der Waals surface area contributed by atoms with Crippen molar-refractivity contribution in [3.8, 4) is 0 Å². The highest BCUT2D eigenvalue weighted by molar-refractivity contribution is 6.28. The summed E-state index contributed by atoms with van der Waals surface area (Å²) < 4.78 is 0. The van der Waals surface area contributed by atoms with Crippen molar-refractivity contribution in [1.82, 2.24) is 0 Å². The fourth-order valence-corrected chi connectivity index (χ4v) is 5.94. The van der Waals surface area contributed by atoms with Crippen molar-refractivity contribution in [2.75, 3.05) is 6.61 Å². The summed E-state index contributed by atoms with van der Waals surface area (Å²) in [5.74, 6) is -10.4. The van der Waals surface area contributed by atoms with E-state index >= 15 is 0 Å². The SMILES string of the molecule is CCCCCCCCCCCCCC(=O)C(C(=O)O)(C(=O)CCCCCCCCCCCCC)C(C(=O)O)C(=O)C(O)CO. The Bertz CT molecular complexity index is 785. The fourth-order valence-electron chi connectivity index (χ4n) is 5.94. The second kappa shape index (κ2) is 26.1. The molecule has 0 aliphatic rings. The molecular formula is C35H62O9. The maximum Gasteiger partial charge on any atom is 0.326 e. The van der Waals surface area contributed by atoms with Gasteiger partial charge >= 0.3 is 11.9 Å². The van der Waals surface area contributed by atoms with Crippen LogP contribution in [-0.2, 0) is 24.0 Å². The van der Waals surface area contributed by atoms with Crippen LogP contribution in [0.3, 0.4) is 0 Å². The molecule has 0 heterocycles. The molecule has 9 heteroatoms. The van der Waals surface area contributed by atoms with E-state index in [0.29, 0.717) is 12.8 Å². The first-order valence-electron chi connectivity index (χ1n) is 17.5. The number of hydrogen-bond acceptors (Lipinski definition) is 7. The van der Waals surface area contributed by atoms with Gasteiger partial charge in [-0.1, -0.05) is 142 Å². The monoisotopic (exact) mass is 626 g/mol. The number of Topliss-reactive ketones (excluding diaryl/α,β-unsaturated/α-hetero) is 3. The zero-order valence-corrected chi connectivity index (χ0v) is 27.7. The standard InChI is InChI=1S/C35H62O9/c1-3-5-7-9-11-13-15-17-19-21-23-25-29(38)35(34(43)44,31(33(41)42)32(40)28(37)27-36)30(39)26-24-22-20-18-16-14-12-10-8-6-4-2/h28,31,36-37H,3-27H2,1-2H3,(H,41,42)(H,43,44). The molecule has 0 aromatic heterocycles. The number of carboxylic acid groups (broad SMARTS) is 2. The predicted octanol–water partition coefficient (Wildman–Crippen LogP) is 7.22. The Morgan fingerprint density at radius 2 is 0.818 bits per heavy atom. The molecule has 44 heavy (non-hydrogen) atoms. The number of carboxylic acids is 2. The number of unbranched alkanes of at least 4 members (excludes halogenated alkanes) is 20. The number of aliphatic carboxylic acids is 2. The average molecular weight is 627 g/mol. The minimum Gasteiger partial charge on any atom is -0.481 e. The summed E-state index contributed by atoms with van der Waals surface area (Å²) in [6.07, 6.45) is 19.0. The van der Waals surface area contributed by atoms with Crippen molar-refractivity contribution in [3.05, 3.63) is 0 Å². The highest BCUT2D eigenvalue weighted by Crippen LogP contribution is 2.37. The van der Waals surface area contributed by atoms with Crippen LogP contribution < -0.4 is 0 Å². The lowest BCUT2D eigenvalue weighted by atomic mass is 9.64. The normalized spacial score (nSPS) is 13.0. The number of hydrogen-bond donors (Lipinski definition) is 4. The molecule has 0 spiro atoms. The summed E-state index contributed by atoms with van der Waals surface area (Å²) in [5.41, 5.74) is -3.14. The Labute approximate surface area is 265 Å². The first kappa shape index (κ1) is 41.9. The van der Waals surface area contributed by atoms with Crippen LogP contribution in [0, 0.1) is 11.3 Å². The van der Waals surface area contributed by atoms with E-state index in [1.807, 2.05) is 0 Å². The molecule has 256 valence electrons. The highest BCUT2D eigenvalue weighted by atomic mass is 16.4. The van der Waals surface area contributed by atoms with Crippen LogP contribution in [0.25, 0.3) is 0 Å². The van der Waals surface area contributed by atoms with Crippen LogP contribution in [0.15, 0.2) is 0 Å². The maximum absolute atomic E-state index is 13.5. The molecule has 0 bridgehead atoms. The number of carbonyl (C=O) groups excluding carboxylic acids is 3. The van der Waals surface area contributed by atoms with E-state index in [-0.39, 0.29) is 25.7 Å². The van der Waals surface area contributed by atoms with Crippen molar-refractivity contribution < 1.29 is 44.4 Å². The van der Waals surface area contributed by atoms with Crippen molar-refractivity contribution in [2.45, 2.75) is 174 Å². The van der Waals surface area contributed by atoms with Crippen molar-refractivity contribution in [2.24, 2.45) is 11.3 Å². The fraction of sp³-hybridized carbons (Fsp3) is 0.857. The molecule has 0 saturated carbocycles. The molecule has 0 aromatic carbocycles. The Hall–Kier alpha value is -2.13. The summed E-state index contributed by atoms with van der Waals surface area (Å²) in [5, 5.41) is 39.3.